The summed E-state index contributed by atoms with van der Waals surface area (Å²) in [6, 6.07) is 14.3. The Hall–Kier alpha value is -3.41. The van der Waals surface area contributed by atoms with E-state index in [0.717, 1.165) is 11.1 Å². The fourth-order valence-electron chi connectivity index (χ4n) is 2.40. The summed E-state index contributed by atoms with van der Waals surface area (Å²) in [5.41, 5.74) is 2.70. The molecule has 0 bridgehead atoms. The van der Waals surface area contributed by atoms with E-state index in [9.17, 15) is 14.4 Å². The zero-order valence-electron chi connectivity index (χ0n) is 16.9. The fraction of sp³-hybridized carbons (Fsp3) is 0.261. The predicted molar refractivity (Wildman–Crippen MR) is 113 cm³/mol. The van der Waals surface area contributed by atoms with Crippen LogP contribution < -0.4 is 10.6 Å². The summed E-state index contributed by atoms with van der Waals surface area (Å²) < 4.78 is 4.96. The summed E-state index contributed by atoms with van der Waals surface area (Å²) in [5, 5.41) is 5.43. The molecule has 0 fully saturated rings. The highest BCUT2D eigenvalue weighted by atomic mass is 16.5. The molecule has 2 aromatic carbocycles. The third-order valence-electron chi connectivity index (χ3n) is 3.95. The number of rotatable bonds is 8. The van der Waals surface area contributed by atoms with Gasteiger partial charge in [-0.05, 0) is 36.6 Å². The molecule has 0 aliphatic heterocycles. The van der Waals surface area contributed by atoms with Gasteiger partial charge in [-0.25, -0.2) is 4.79 Å². The highest BCUT2D eigenvalue weighted by molar-refractivity contribution is 6.04. The topological polar surface area (TPSA) is 84.5 Å². The number of para-hydroxylation sites is 1. The van der Waals surface area contributed by atoms with Crippen LogP contribution in [0.15, 0.2) is 54.6 Å². The number of anilines is 1. The third kappa shape index (κ3) is 7.62. The van der Waals surface area contributed by atoms with Crippen molar-refractivity contribution in [1.82, 2.24) is 5.32 Å². The van der Waals surface area contributed by atoms with Gasteiger partial charge in [-0.15, -0.1) is 0 Å². The van der Waals surface area contributed by atoms with Gasteiger partial charge in [0, 0.05) is 12.6 Å². The number of benzene rings is 2. The molecule has 0 spiro atoms. The van der Waals surface area contributed by atoms with E-state index in [-0.39, 0.29) is 5.91 Å². The first kappa shape index (κ1) is 21.9. The fourth-order valence-corrected chi connectivity index (χ4v) is 2.40. The largest absolute Gasteiger partial charge is 0.452 e. The van der Waals surface area contributed by atoms with Crippen LogP contribution in [0.4, 0.5) is 5.69 Å². The smallest absolute Gasteiger partial charge is 0.331 e. The van der Waals surface area contributed by atoms with Gasteiger partial charge in [-0.2, -0.15) is 0 Å². The van der Waals surface area contributed by atoms with Crippen LogP contribution in [0.3, 0.4) is 0 Å². The molecule has 29 heavy (non-hydrogen) atoms. The van der Waals surface area contributed by atoms with Gasteiger partial charge >= 0.3 is 5.97 Å². The summed E-state index contributed by atoms with van der Waals surface area (Å²) in [4.78, 5) is 36.2. The van der Waals surface area contributed by atoms with E-state index in [4.69, 9.17) is 4.74 Å². The number of nitrogens with one attached hydrogen (secondary N) is 2. The number of hydrogen-bond acceptors (Lipinski definition) is 4. The molecule has 0 atom stereocenters. The Morgan fingerprint density at radius 1 is 1.03 bits per heavy atom. The maximum atomic E-state index is 12.3. The highest BCUT2D eigenvalue weighted by Gasteiger charge is 2.14. The van der Waals surface area contributed by atoms with Gasteiger partial charge in [0.2, 0.25) is 0 Å². The first-order chi connectivity index (χ1) is 13.8. The summed E-state index contributed by atoms with van der Waals surface area (Å²) in [5.74, 6) is -1.10. The number of esters is 1. The molecule has 2 N–H and O–H groups in total. The molecule has 0 aliphatic carbocycles. The third-order valence-corrected chi connectivity index (χ3v) is 3.95. The van der Waals surface area contributed by atoms with E-state index < -0.39 is 18.5 Å². The Balaban J connectivity index is 1.88. The molecule has 0 heterocycles. The molecule has 0 unspecified atom stereocenters. The van der Waals surface area contributed by atoms with E-state index >= 15 is 0 Å². The molecule has 0 saturated carbocycles. The minimum atomic E-state index is -0.622. The molecule has 2 amide bonds. The van der Waals surface area contributed by atoms with E-state index in [1.807, 2.05) is 45.0 Å². The van der Waals surface area contributed by atoms with Crippen LogP contribution in [0.1, 0.15) is 35.3 Å². The van der Waals surface area contributed by atoms with Crippen molar-refractivity contribution in [3.8, 4) is 0 Å². The summed E-state index contributed by atoms with van der Waals surface area (Å²) >= 11 is 0. The first-order valence-corrected chi connectivity index (χ1v) is 9.43. The molecule has 0 aliphatic rings. The number of ether oxygens (including phenoxy) is 1. The molecule has 2 rings (SSSR count). The minimum Gasteiger partial charge on any atom is -0.452 e. The van der Waals surface area contributed by atoms with Gasteiger partial charge < -0.3 is 15.4 Å². The van der Waals surface area contributed by atoms with Crippen molar-refractivity contribution in [3.63, 3.8) is 0 Å². The van der Waals surface area contributed by atoms with Crippen molar-refractivity contribution in [1.29, 1.82) is 0 Å². The van der Waals surface area contributed by atoms with E-state index in [0.29, 0.717) is 23.7 Å². The van der Waals surface area contributed by atoms with E-state index in [1.165, 1.54) is 6.08 Å². The molecule has 0 radical (unpaired) electrons. The Kier molecular flexibility index (Phi) is 8.15. The van der Waals surface area contributed by atoms with Crippen LogP contribution in [0.2, 0.25) is 0 Å². The molecular weight excluding hydrogens is 368 g/mol. The van der Waals surface area contributed by atoms with Gasteiger partial charge in [0.15, 0.2) is 6.61 Å². The van der Waals surface area contributed by atoms with Gasteiger partial charge in [0.1, 0.15) is 0 Å². The summed E-state index contributed by atoms with van der Waals surface area (Å²) in [7, 11) is 0. The lowest BCUT2D eigenvalue weighted by Crippen LogP contribution is -2.29. The molecular formula is C23H26N2O4. The van der Waals surface area contributed by atoms with Gasteiger partial charge in [0.25, 0.3) is 11.8 Å². The Morgan fingerprint density at radius 2 is 1.72 bits per heavy atom. The zero-order valence-corrected chi connectivity index (χ0v) is 16.9. The minimum absolute atomic E-state index is 0.271. The monoisotopic (exact) mass is 394 g/mol. The van der Waals surface area contributed by atoms with Gasteiger partial charge in [-0.3, -0.25) is 9.59 Å². The maximum Gasteiger partial charge on any atom is 0.331 e. The standard InChI is InChI=1S/C23H26N2O4/c1-16(2)14-24-23(28)19-6-4-5-7-20(19)25-21(26)15-29-22(27)13-12-18-10-8-17(3)9-11-18/h4-13,16H,14-15H2,1-3H3,(H,24,28)(H,25,26)/b13-12+. The van der Waals surface area contributed by atoms with Crippen LogP contribution in [-0.4, -0.2) is 30.9 Å². The Labute approximate surface area is 171 Å². The molecule has 0 aromatic heterocycles. The van der Waals surface area contributed by atoms with E-state index in [1.54, 1.807) is 30.3 Å². The lowest BCUT2D eigenvalue weighted by atomic mass is 10.1. The SMILES string of the molecule is Cc1ccc(/C=C/C(=O)OCC(=O)Nc2ccccc2C(=O)NCC(C)C)cc1. The predicted octanol–water partition coefficient (Wildman–Crippen LogP) is 3.58. The quantitative estimate of drug-likeness (QED) is 0.529. The van der Waals surface area contributed by atoms with Crippen LogP contribution in [0.5, 0.6) is 0 Å². The average molecular weight is 394 g/mol. The highest BCUT2D eigenvalue weighted by Crippen LogP contribution is 2.15. The maximum absolute atomic E-state index is 12.3. The van der Waals surface area contributed by atoms with Crippen molar-refractivity contribution in [2.45, 2.75) is 20.8 Å². The second-order valence-corrected chi connectivity index (χ2v) is 7.05. The zero-order chi connectivity index (χ0) is 21.2. The van der Waals surface area contributed by atoms with Crippen molar-refractivity contribution in [3.05, 3.63) is 71.3 Å². The van der Waals surface area contributed by atoms with Crippen LogP contribution in [0, 0.1) is 12.8 Å². The van der Waals surface area contributed by atoms with E-state index in [2.05, 4.69) is 10.6 Å². The number of aryl methyl sites for hydroxylation is 1. The Bertz CT molecular complexity index is 886. The van der Waals surface area contributed by atoms with Gasteiger partial charge in [0.05, 0.1) is 11.3 Å². The summed E-state index contributed by atoms with van der Waals surface area (Å²) in [6.07, 6.45) is 2.89. The second kappa shape index (κ2) is 10.8. The first-order valence-electron chi connectivity index (χ1n) is 9.43. The van der Waals surface area contributed by atoms with Crippen molar-refractivity contribution >= 4 is 29.5 Å². The Morgan fingerprint density at radius 3 is 2.41 bits per heavy atom. The lowest BCUT2D eigenvalue weighted by Gasteiger charge is -2.12. The molecule has 6 heteroatoms. The second-order valence-electron chi connectivity index (χ2n) is 7.05. The van der Waals surface area contributed by atoms with Crippen LogP contribution in [-0.2, 0) is 14.3 Å². The van der Waals surface area contributed by atoms with Crippen LogP contribution >= 0.6 is 0 Å². The number of amides is 2. The van der Waals surface area contributed by atoms with Crippen molar-refractivity contribution in [2.24, 2.45) is 5.92 Å². The molecule has 0 saturated heterocycles. The molecule has 6 nitrogen and oxygen atoms in total. The van der Waals surface area contributed by atoms with Crippen molar-refractivity contribution in [2.75, 3.05) is 18.5 Å². The lowest BCUT2D eigenvalue weighted by molar-refractivity contribution is -0.142. The number of hydrogen-bond donors (Lipinski definition) is 2. The van der Waals surface area contributed by atoms with Gasteiger partial charge in [-0.1, -0.05) is 55.8 Å². The average Bonchev–Trinajstić information content (AvgIpc) is 2.70. The molecule has 152 valence electrons. The number of carbonyl (C=O) groups excluding carboxylic acids is 3. The van der Waals surface area contributed by atoms with Crippen molar-refractivity contribution < 1.29 is 19.1 Å². The normalized spacial score (nSPS) is 10.8. The summed E-state index contributed by atoms with van der Waals surface area (Å²) in [6.45, 7) is 6.06. The molecule has 2 aromatic rings. The number of carbonyl (C=O) groups is 3. The van der Waals surface area contributed by atoms with Crippen LogP contribution in [0.25, 0.3) is 6.08 Å².